The lowest BCUT2D eigenvalue weighted by molar-refractivity contribution is -0.142. The minimum atomic E-state index is -0.274. The van der Waals surface area contributed by atoms with Crippen molar-refractivity contribution in [3.8, 4) is 0 Å². The summed E-state index contributed by atoms with van der Waals surface area (Å²) in [6, 6.07) is 7.39. The number of carbonyl (C=O) groups is 2. The van der Waals surface area contributed by atoms with E-state index in [1.165, 1.54) is 0 Å². The van der Waals surface area contributed by atoms with Crippen molar-refractivity contribution in [2.75, 3.05) is 12.4 Å². The molecule has 0 spiro atoms. The Hall–Kier alpha value is -2.08. The zero-order valence-corrected chi connectivity index (χ0v) is 19.8. The predicted molar refractivity (Wildman–Crippen MR) is 126 cm³/mol. The van der Waals surface area contributed by atoms with Gasteiger partial charge in [0, 0.05) is 21.8 Å². The van der Waals surface area contributed by atoms with Crippen molar-refractivity contribution in [2.45, 2.75) is 66.3 Å². The summed E-state index contributed by atoms with van der Waals surface area (Å²) >= 11 is 1.66. The highest BCUT2D eigenvalue weighted by molar-refractivity contribution is 8.04. The van der Waals surface area contributed by atoms with Gasteiger partial charge in [-0.05, 0) is 70.2 Å². The quantitative estimate of drug-likeness (QED) is 0.565. The average Bonchev–Trinajstić information content (AvgIpc) is 2.62. The molecule has 0 bridgehead atoms. The highest BCUT2D eigenvalue weighted by Crippen LogP contribution is 2.38. The van der Waals surface area contributed by atoms with E-state index in [2.05, 4.69) is 25.2 Å². The van der Waals surface area contributed by atoms with Crippen molar-refractivity contribution in [3.63, 3.8) is 0 Å². The number of rotatable bonds is 7. The number of aliphatic imine (C=N–C) groups is 1. The fraction of sp³-hybridized carbons (Fsp3) is 0.542. The number of hydrogen-bond acceptors (Lipinski definition) is 5. The monoisotopic (exact) mass is 430 g/mol. The molecule has 0 aromatic heterocycles. The normalized spacial score (nSPS) is 17.4. The number of allylic oxidation sites excluding steroid dienone is 2. The van der Waals surface area contributed by atoms with E-state index in [0.717, 1.165) is 29.1 Å². The Balaban J connectivity index is 2.12. The molecule has 1 aromatic rings. The molecule has 0 fully saturated rings. The summed E-state index contributed by atoms with van der Waals surface area (Å²) in [5.41, 5.74) is 2.36. The molecule has 1 amide bonds. The van der Waals surface area contributed by atoms with Gasteiger partial charge in [0.05, 0.1) is 24.4 Å². The standard InChI is InChI=1S/C24H34N2O3S/c1-7-29-21(27)13-15-30-20-12-14-24(5,6)16-19(20)25-18-10-8-17(9-11-18)22(28)26-23(2,3)4/h8-12H,7,13-16H2,1-6H3,(H,26,28). The topological polar surface area (TPSA) is 67.8 Å². The number of nitrogens with one attached hydrogen (secondary N) is 1. The Morgan fingerprint density at radius 1 is 1.20 bits per heavy atom. The van der Waals surface area contributed by atoms with Crippen LogP contribution in [-0.4, -0.2) is 35.5 Å². The van der Waals surface area contributed by atoms with Crippen molar-refractivity contribution in [3.05, 3.63) is 40.8 Å². The second-order valence-corrected chi connectivity index (χ2v) is 10.5. The molecule has 2 rings (SSSR count). The molecule has 0 radical (unpaired) electrons. The summed E-state index contributed by atoms with van der Waals surface area (Å²) in [5.74, 6) is 0.427. The van der Waals surface area contributed by atoms with E-state index >= 15 is 0 Å². The van der Waals surface area contributed by atoms with Gasteiger partial charge in [0.1, 0.15) is 0 Å². The van der Waals surface area contributed by atoms with Crippen LogP contribution in [0.15, 0.2) is 40.2 Å². The second-order valence-electron chi connectivity index (χ2n) is 9.33. The van der Waals surface area contributed by atoms with Gasteiger partial charge < -0.3 is 10.1 Å². The third kappa shape index (κ3) is 7.98. The number of carbonyl (C=O) groups excluding carboxylic acids is 2. The molecule has 0 aliphatic heterocycles. The summed E-state index contributed by atoms with van der Waals surface area (Å²) in [4.78, 5) is 30.0. The average molecular weight is 431 g/mol. The maximum atomic E-state index is 12.3. The van der Waals surface area contributed by atoms with E-state index in [1.54, 1.807) is 11.8 Å². The molecular formula is C24H34N2O3S. The smallest absolute Gasteiger partial charge is 0.306 e. The van der Waals surface area contributed by atoms with Gasteiger partial charge in [-0.1, -0.05) is 19.9 Å². The molecule has 0 saturated heterocycles. The largest absolute Gasteiger partial charge is 0.466 e. The third-order valence-corrected chi connectivity index (χ3v) is 5.64. The second kappa shape index (κ2) is 10.3. The van der Waals surface area contributed by atoms with Crippen LogP contribution in [0.2, 0.25) is 0 Å². The van der Waals surface area contributed by atoms with Gasteiger partial charge in [0.2, 0.25) is 0 Å². The fourth-order valence-corrected chi connectivity index (χ4v) is 4.04. The van der Waals surface area contributed by atoms with Crippen molar-refractivity contribution >= 4 is 35.0 Å². The van der Waals surface area contributed by atoms with Crippen LogP contribution in [0, 0.1) is 5.41 Å². The van der Waals surface area contributed by atoms with Crippen molar-refractivity contribution in [1.29, 1.82) is 0 Å². The van der Waals surface area contributed by atoms with Gasteiger partial charge in [0.15, 0.2) is 0 Å². The van der Waals surface area contributed by atoms with Gasteiger partial charge in [-0.25, -0.2) is 0 Å². The molecule has 6 heteroatoms. The van der Waals surface area contributed by atoms with E-state index in [9.17, 15) is 9.59 Å². The molecule has 1 N–H and O–H groups in total. The van der Waals surface area contributed by atoms with Crippen LogP contribution >= 0.6 is 11.8 Å². The molecular weight excluding hydrogens is 396 g/mol. The van der Waals surface area contributed by atoms with Crippen LogP contribution in [-0.2, 0) is 9.53 Å². The van der Waals surface area contributed by atoms with E-state index in [4.69, 9.17) is 9.73 Å². The number of thioether (sulfide) groups is 1. The first-order valence-electron chi connectivity index (χ1n) is 10.5. The van der Waals surface area contributed by atoms with Gasteiger partial charge in [0.25, 0.3) is 5.91 Å². The SMILES string of the molecule is CCOC(=O)CCSC1=CCC(C)(C)CC1=Nc1ccc(C(=O)NC(C)(C)C)cc1. The van der Waals surface area contributed by atoms with Gasteiger partial charge in [-0.3, -0.25) is 14.6 Å². The van der Waals surface area contributed by atoms with Gasteiger partial charge in [-0.2, -0.15) is 0 Å². The van der Waals surface area contributed by atoms with E-state index < -0.39 is 0 Å². The van der Waals surface area contributed by atoms with E-state index in [1.807, 2.05) is 52.0 Å². The number of nitrogens with zero attached hydrogens (tertiary/aromatic N) is 1. The van der Waals surface area contributed by atoms with Crippen LogP contribution in [0.4, 0.5) is 5.69 Å². The molecule has 0 heterocycles. The summed E-state index contributed by atoms with van der Waals surface area (Å²) in [7, 11) is 0. The van der Waals surface area contributed by atoms with Crippen LogP contribution in [0.25, 0.3) is 0 Å². The van der Waals surface area contributed by atoms with Crippen LogP contribution in [0.5, 0.6) is 0 Å². The number of ether oxygens (including phenoxy) is 1. The first-order chi connectivity index (χ1) is 14.0. The van der Waals surface area contributed by atoms with Crippen molar-refractivity contribution in [1.82, 2.24) is 5.32 Å². The van der Waals surface area contributed by atoms with Crippen LogP contribution < -0.4 is 5.32 Å². The number of amides is 1. The van der Waals surface area contributed by atoms with Crippen molar-refractivity contribution in [2.24, 2.45) is 10.4 Å². The Morgan fingerprint density at radius 2 is 1.87 bits per heavy atom. The van der Waals surface area contributed by atoms with Gasteiger partial charge >= 0.3 is 5.97 Å². The summed E-state index contributed by atoms with van der Waals surface area (Å²) in [6.07, 6.45) is 4.48. The lowest BCUT2D eigenvalue weighted by atomic mass is 9.80. The zero-order chi connectivity index (χ0) is 22.4. The maximum Gasteiger partial charge on any atom is 0.306 e. The molecule has 0 atom stereocenters. The predicted octanol–water partition coefficient (Wildman–Crippen LogP) is 5.68. The first-order valence-corrected chi connectivity index (χ1v) is 11.5. The molecule has 1 aromatic carbocycles. The Kier molecular flexibility index (Phi) is 8.30. The molecule has 5 nitrogen and oxygen atoms in total. The lowest BCUT2D eigenvalue weighted by Gasteiger charge is -2.29. The molecule has 1 aliphatic carbocycles. The summed E-state index contributed by atoms with van der Waals surface area (Å²) in [5, 5.41) is 2.97. The van der Waals surface area contributed by atoms with E-state index in [-0.39, 0.29) is 22.8 Å². The fourth-order valence-electron chi connectivity index (χ4n) is 3.07. The molecule has 0 unspecified atom stereocenters. The number of hydrogen-bond donors (Lipinski definition) is 1. The van der Waals surface area contributed by atoms with Crippen LogP contribution in [0.3, 0.4) is 0 Å². The molecule has 0 saturated carbocycles. The maximum absolute atomic E-state index is 12.3. The van der Waals surface area contributed by atoms with Gasteiger partial charge in [-0.15, -0.1) is 11.8 Å². The minimum Gasteiger partial charge on any atom is -0.466 e. The molecule has 30 heavy (non-hydrogen) atoms. The highest BCUT2D eigenvalue weighted by atomic mass is 32.2. The minimum absolute atomic E-state index is 0.0874. The lowest BCUT2D eigenvalue weighted by Crippen LogP contribution is -2.40. The first kappa shape index (κ1) is 24.2. The third-order valence-electron chi connectivity index (χ3n) is 4.52. The molecule has 1 aliphatic rings. The zero-order valence-electron chi connectivity index (χ0n) is 19.0. The Bertz CT molecular complexity index is 818. The number of esters is 1. The Labute approximate surface area is 184 Å². The van der Waals surface area contributed by atoms with Crippen molar-refractivity contribution < 1.29 is 14.3 Å². The Morgan fingerprint density at radius 3 is 2.47 bits per heavy atom. The summed E-state index contributed by atoms with van der Waals surface area (Å²) < 4.78 is 5.01. The number of benzene rings is 1. The summed E-state index contributed by atoms with van der Waals surface area (Å²) in [6.45, 7) is 12.6. The van der Waals surface area contributed by atoms with Crippen LogP contribution in [0.1, 0.15) is 71.2 Å². The van der Waals surface area contributed by atoms with E-state index in [0.29, 0.717) is 24.3 Å². The molecule has 164 valence electrons. The highest BCUT2D eigenvalue weighted by Gasteiger charge is 2.27.